The third-order valence-electron chi connectivity index (χ3n) is 6.07. The van der Waals surface area contributed by atoms with E-state index in [0.29, 0.717) is 29.6 Å². The maximum absolute atomic E-state index is 13.7. The quantitative estimate of drug-likeness (QED) is 0.356. The third kappa shape index (κ3) is 4.18. The number of ketones is 1. The van der Waals surface area contributed by atoms with Gasteiger partial charge in [-0.25, -0.2) is 13.9 Å². The molecule has 33 heavy (non-hydrogen) atoms. The summed E-state index contributed by atoms with van der Waals surface area (Å²) >= 11 is 0. The van der Waals surface area contributed by atoms with Crippen LogP contribution in [0.15, 0.2) is 48.7 Å². The van der Waals surface area contributed by atoms with Gasteiger partial charge in [0.2, 0.25) is 5.88 Å². The van der Waals surface area contributed by atoms with Gasteiger partial charge in [0.15, 0.2) is 11.4 Å². The molecule has 6 nitrogen and oxygen atoms in total. The van der Waals surface area contributed by atoms with Crippen molar-refractivity contribution in [3.8, 4) is 22.9 Å². The van der Waals surface area contributed by atoms with Gasteiger partial charge in [-0.3, -0.25) is 4.79 Å². The predicted octanol–water partition coefficient (Wildman–Crippen LogP) is 5.97. The fourth-order valence-corrected chi connectivity index (χ4v) is 4.00. The lowest BCUT2D eigenvalue weighted by Crippen LogP contribution is -2.04. The van der Waals surface area contributed by atoms with E-state index in [4.69, 9.17) is 4.74 Å². The van der Waals surface area contributed by atoms with Crippen LogP contribution in [0.25, 0.3) is 16.9 Å². The summed E-state index contributed by atoms with van der Waals surface area (Å²) in [7, 11) is 1.80. The molecule has 0 bridgehead atoms. The molecular weight excluding hydrogens is 419 g/mol. The highest BCUT2D eigenvalue weighted by Gasteiger charge is 2.25. The first-order valence-electron chi connectivity index (χ1n) is 11.1. The number of rotatable bonds is 7. The Morgan fingerprint density at radius 1 is 1.15 bits per heavy atom. The molecule has 0 aliphatic heterocycles. The zero-order chi connectivity index (χ0) is 23.1. The van der Waals surface area contributed by atoms with Gasteiger partial charge in [0.1, 0.15) is 11.6 Å². The Morgan fingerprint density at radius 2 is 1.97 bits per heavy atom. The normalized spacial score (nSPS) is 13.3. The molecule has 1 aliphatic carbocycles. The second-order valence-electron chi connectivity index (χ2n) is 8.64. The Bertz CT molecular complexity index is 1370. The van der Waals surface area contributed by atoms with Gasteiger partial charge in [-0.2, -0.15) is 0 Å². The largest absolute Gasteiger partial charge is 0.437 e. The van der Waals surface area contributed by atoms with E-state index in [1.165, 1.54) is 12.1 Å². The summed E-state index contributed by atoms with van der Waals surface area (Å²) in [6.45, 7) is 3.81. The van der Waals surface area contributed by atoms with Gasteiger partial charge in [0, 0.05) is 36.7 Å². The second-order valence-corrected chi connectivity index (χ2v) is 8.64. The highest BCUT2D eigenvalue weighted by atomic mass is 19.1. The summed E-state index contributed by atoms with van der Waals surface area (Å²) in [5.41, 5.74) is 5.55. The van der Waals surface area contributed by atoms with Gasteiger partial charge in [-0.15, -0.1) is 5.10 Å². The number of carbonyl (C=O) groups excluding carboxylic acids is 1. The Labute approximate surface area is 191 Å². The summed E-state index contributed by atoms with van der Waals surface area (Å²) in [5.74, 6) is 1.10. The molecule has 1 aliphatic rings. The molecule has 2 aromatic carbocycles. The topological polar surface area (TPSA) is 68.5 Å². The van der Waals surface area contributed by atoms with E-state index in [9.17, 15) is 9.18 Å². The number of fused-ring (bicyclic) bond motifs is 1. The van der Waals surface area contributed by atoms with Gasteiger partial charge in [-0.05, 0) is 55.9 Å². The lowest BCUT2D eigenvalue weighted by atomic mass is 9.98. The number of anilines is 1. The van der Waals surface area contributed by atoms with E-state index in [1.807, 2.05) is 32.0 Å². The number of aromatic nitrogens is 3. The van der Waals surface area contributed by atoms with Crippen LogP contribution in [0, 0.1) is 25.6 Å². The molecule has 1 saturated carbocycles. The fourth-order valence-electron chi connectivity index (χ4n) is 4.00. The van der Waals surface area contributed by atoms with Crippen molar-refractivity contribution >= 4 is 17.1 Å². The van der Waals surface area contributed by atoms with Gasteiger partial charge in [-0.1, -0.05) is 18.2 Å². The SMILES string of the molecule is CNc1cc(Oc2cc(F)ccc2C)nn2c(-c3ccc(C(=O)CC4CC4)c(C)c3)cnc12. The minimum atomic E-state index is -0.374. The Hall–Kier alpha value is -3.74. The first-order valence-corrected chi connectivity index (χ1v) is 11.1. The Kier molecular flexibility index (Phi) is 5.32. The fraction of sp³-hybridized carbons (Fsp3) is 0.269. The summed E-state index contributed by atoms with van der Waals surface area (Å²) in [6.07, 6.45) is 4.69. The van der Waals surface area contributed by atoms with Crippen LogP contribution >= 0.6 is 0 Å². The number of halogens is 1. The first-order chi connectivity index (χ1) is 15.9. The highest BCUT2D eigenvalue weighted by molar-refractivity contribution is 5.98. The zero-order valence-electron chi connectivity index (χ0n) is 18.9. The van der Waals surface area contributed by atoms with Gasteiger partial charge in [0.25, 0.3) is 0 Å². The van der Waals surface area contributed by atoms with Crippen LogP contribution in [0.5, 0.6) is 11.6 Å². The molecule has 0 saturated heterocycles. The lowest BCUT2D eigenvalue weighted by Gasteiger charge is -2.12. The molecule has 0 amide bonds. The first kappa shape index (κ1) is 21.1. The maximum atomic E-state index is 13.7. The number of ether oxygens (including phenoxy) is 1. The van der Waals surface area contributed by atoms with Crippen molar-refractivity contribution in [2.45, 2.75) is 33.1 Å². The minimum absolute atomic E-state index is 0.205. The molecule has 0 unspecified atom stereocenters. The molecule has 1 N–H and O–H groups in total. The number of hydrogen-bond acceptors (Lipinski definition) is 5. The van der Waals surface area contributed by atoms with Crippen LogP contribution in [-0.2, 0) is 0 Å². The molecule has 1 fully saturated rings. The summed E-state index contributed by atoms with van der Waals surface area (Å²) in [5, 5.41) is 7.75. The molecule has 5 rings (SSSR count). The molecule has 2 aromatic heterocycles. The van der Waals surface area contributed by atoms with Gasteiger partial charge in [0.05, 0.1) is 17.6 Å². The number of imidazole rings is 1. The number of carbonyl (C=O) groups is 1. The van der Waals surface area contributed by atoms with E-state index in [0.717, 1.165) is 46.5 Å². The maximum Gasteiger partial charge on any atom is 0.239 e. The van der Waals surface area contributed by atoms with Gasteiger partial charge < -0.3 is 10.1 Å². The predicted molar refractivity (Wildman–Crippen MR) is 126 cm³/mol. The second kappa shape index (κ2) is 8.31. The molecule has 0 radical (unpaired) electrons. The average molecular weight is 445 g/mol. The van der Waals surface area contributed by atoms with Crippen molar-refractivity contribution < 1.29 is 13.9 Å². The molecule has 168 valence electrons. The van der Waals surface area contributed by atoms with Crippen molar-refractivity contribution in [2.75, 3.05) is 12.4 Å². The molecule has 7 heteroatoms. The van der Waals surface area contributed by atoms with Crippen LogP contribution in [-0.4, -0.2) is 27.4 Å². The number of aryl methyl sites for hydroxylation is 2. The van der Waals surface area contributed by atoms with E-state index >= 15 is 0 Å². The number of benzene rings is 2. The average Bonchev–Trinajstić information content (AvgIpc) is 3.50. The smallest absolute Gasteiger partial charge is 0.239 e. The molecule has 4 aromatic rings. The Morgan fingerprint density at radius 3 is 2.70 bits per heavy atom. The third-order valence-corrected chi connectivity index (χ3v) is 6.07. The van der Waals surface area contributed by atoms with Crippen LogP contribution in [0.2, 0.25) is 0 Å². The molecule has 0 atom stereocenters. The van der Waals surface area contributed by atoms with E-state index in [1.54, 1.807) is 29.9 Å². The number of nitrogens with one attached hydrogen (secondary N) is 1. The minimum Gasteiger partial charge on any atom is -0.437 e. The zero-order valence-corrected chi connectivity index (χ0v) is 18.9. The van der Waals surface area contributed by atoms with Crippen molar-refractivity contribution in [2.24, 2.45) is 5.92 Å². The number of hydrogen-bond donors (Lipinski definition) is 1. The van der Waals surface area contributed by atoms with Gasteiger partial charge >= 0.3 is 0 Å². The van der Waals surface area contributed by atoms with E-state index < -0.39 is 0 Å². The van der Waals surface area contributed by atoms with Crippen LogP contribution in [0.1, 0.15) is 40.7 Å². The summed E-state index contributed by atoms with van der Waals surface area (Å²) in [4.78, 5) is 17.1. The van der Waals surface area contributed by atoms with Crippen LogP contribution < -0.4 is 10.1 Å². The van der Waals surface area contributed by atoms with Crippen LogP contribution in [0.3, 0.4) is 0 Å². The molecular formula is C26H25FN4O2. The van der Waals surface area contributed by atoms with E-state index in [-0.39, 0.29) is 11.6 Å². The number of nitrogens with zero attached hydrogens (tertiary/aromatic N) is 3. The number of Topliss-reactive ketones (excluding diaryl/α,β-unsaturated/α-hetero) is 1. The monoisotopic (exact) mass is 444 g/mol. The van der Waals surface area contributed by atoms with Crippen LogP contribution in [0.4, 0.5) is 10.1 Å². The van der Waals surface area contributed by atoms with Crippen molar-refractivity contribution in [3.63, 3.8) is 0 Å². The lowest BCUT2D eigenvalue weighted by molar-refractivity contribution is 0.0975. The highest BCUT2D eigenvalue weighted by Crippen LogP contribution is 2.35. The standard InChI is InChI=1S/C26H25FN4O2/c1-15-4-8-19(27)12-24(15)33-25-13-21(28-3)26-29-14-22(31(26)30-25)18-7-9-20(16(2)10-18)23(32)11-17-5-6-17/h4,7-10,12-14,17,28H,5-6,11H2,1-3H3. The van der Waals surface area contributed by atoms with Crippen molar-refractivity contribution in [3.05, 3.63) is 71.2 Å². The van der Waals surface area contributed by atoms with E-state index in [2.05, 4.69) is 15.4 Å². The molecule has 0 spiro atoms. The van der Waals surface area contributed by atoms with Crippen molar-refractivity contribution in [1.29, 1.82) is 0 Å². The molecule has 2 heterocycles. The summed E-state index contributed by atoms with van der Waals surface area (Å²) < 4.78 is 21.4. The van der Waals surface area contributed by atoms with Crippen molar-refractivity contribution in [1.82, 2.24) is 14.6 Å². The Balaban J connectivity index is 1.53. The summed E-state index contributed by atoms with van der Waals surface area (Å²) in [6, 6.07) is 12.0.